The zero-order valence-electron chi connectivity index (χ0n) is 12.7. The average Bonchev–Trinajstić information content (AvgIpc) is 2.90. The molecule has 116 valence electrons. The van der Waals surface area contributed by atoms with Crippen LogP contribution in [0.15, 0.2) is 11.4 Å². The summed E-state index contributed by atoms with van der Waals surface area (Å²) >= 11 is 1.40. The monoisotopic (exact) mass is 309 g/mol. The van der Waals surface area contributed by atoms with Crippen molar-refractivity contribution >= 4 is 28.8 Å². The van der Waals surface area contributed by atoms with Crippen molar-refractivity contribution in [3.8, 4) is 0 Å². The number of thiophene rings is 1. The molecule has 1 atom stereocenters. The first-order valence-electron chi connectivity index (χ1n) is 7.31. The standard InChI is InChI=1S/C15H23N3O2S/c1-17(2)13(19)6-5-11-4-3-8-18(10-11)15(20)14-12(16)7-9-21-14/h7,9,11H,3-6,8,10,16H2,1-2H3/t11-/m1/s1. The first-order valence-corrected chi connectivity index (χ1v) is 8.19. The minimum absolute atomic E-state index is 0.0335. The number of carbonyl (C=O) groups excluding carboxylic acids is 2. The first kappa shape index (κ1) is 15.8. The van der Waals surface area contributed by atoms with E-state index in [1.54, 1.807) is 25.1 Å². The lowest BCUT2D eigenvalue weighted by Crippen LogP contribution is -2.40. The van der Waals surface area contributed by atoms with Gasteiger partial charge in [-0.15, -0.1) is 11.3 Å². The number of nitrogens with two attached hydrogens (primary N) is 1. The predicted molar refractivity (Wildman–Crippen MR) is 85.3 cm³/mol. The smallest absolute Gasteiger partial charge is 0.266 e. The van der Waals surface area contributed by atoms with Gasteiger partial charge in [0.05, 0.1) is 5.69 Å². The summed E-state index contributed by atoms with van der Waals surface area (Å²) in [5.74, 6) is 0.597. The van der Waals surface area contributed by atoms with Crippen molar-refractivity contribution in [2.24, 2.45) is 5.92 Å². The lowest BCUT2D eigenvalue weighted by atomic mass is 9.93. The summed E-state index contributed by atoms with van der Waals surface area (Å²) in [6.45, 7) is 1.52. The third-order valence-electron chi connectivity index (χ3n) is 3.96. The van der Waals surface area contributed by atoms with Crippen molar-refractivity contribution in [3.63, 3.8) is 0 Å². The van der Waals surface area contributed by atoms with Gasteiger partial charge in [0.25, 0.3) is 5.91 Å². The average molecular weight is 309 g/mol. The van der Waals surface area contributed by atoms with Crippen LogP contribution in [0.25, 0.3) is 0 Å². The number of rotatable bonds is 4. The van der Waals surface area contributed by atoms with Crippen LogP contribution in [0.2, 0.25) is 0 Å². The number of piperidine rings is 1. The maximum absolute atomic E-state index is 12.5. The molecule has 2 heterocycles. The molecular weight excluding hydrogens is 286 g/mol. The van der Waals surface area contributed by atoms with E-state index in [1.165, 1.54) is 11.3 Å². The van der Waals surface area contributed by atoms with E-state index in [4.69, 9.17) is 5.73 Å². The molecule has 6 heteroatoms. The molecule has 0 saturated carbocycles. The molecule has 1 saturated heterocycles. The number of likely N-dealkylation sites (tertiary alicyclic amines) is 1. The fraction of sp³-hybridized carbons (Fsp3) is 0.600. The Morgan fingerprint density at radius 3 is 2.86 bits per heavy atom. The molecule has 21 heavy (non-hydrogen) atoms. The lowest BCUT2D eigenvalue weighted by Gasteiger charge is -2.32. The fourth-order valence-electron chi connectivity index (χ4n) is 2.67. The molecule has 1 aromatic heterocycles. The van der Waals surface area contributed by atoms with E-state index >= 15 is 0 Å². The SMILES string of the molecule is CN(C)C(=O)CC[C@H]1CCCN(C(=O)c2sccc2N)C1. The molecular formula is C15H23N3O2S. The molecule has 2 amide bonds. The van der Waals surface area contributed by atoms with Crippen LogP contribution >= 0.6 is 11.3 Å². The van der Waals surface area contributed by atoms with Crippen LogP contribution in [0.4, 0.5) is 5.69 Å². The number of nitrogens with zero attached hydrogens (tertiary/aromatic N) is 2. The van der Waals surface area contributed by atoms with Crippen LogP contribution in [-0.4, -0.2) is 48.8 Å². The number of hydrogen-bond acceptors (Lipinski definition) is 4. The van der Waals surface area contributed by atoms with Gasteiger partial charge in [0.2, 0.25) is 5.91 Å². The summed E-state index contributed by atoms with van der Waals surface area (Å²) in [7, 11) is 3.55. The zero-order chi connectivity index (χ0) is 15.4. The summed E-state index contributed by atoms with van der Waals surface area (Å²) in [6, 6.07) is 1.77. The van der Waals surface area contributed by atoms with E-state index in [1.807, 2.05) is 10.3 Å². The molecule has 0 spiro atoms. The molecule has 1 aromatic rings. The van der Waals surface area contributed by atoms with Gasteiger partial charge in [-0.3, -0.25) is 9.59 Å². The van der Waals surface area contributed by atoms with Crippen molar-refractivity contribution in [3.05, 3.63) is 16.3 Å². The predicted octanol–water partition coefficient (Wildman–Crippen LogP) is 2.05. The second-order valence-electron chi connectivity index (χ2n) is 5.79. The van der Waals surface area contributed by atoms with E-state index in [0.717, 1.165) is 32.4 Å². The number of anilines is 1. The zero-order valence-corrected chi connectivity index (χ0v) is 13.5. The molecule has 2 rings (SSSR count). The van der Waals surface area contributed by atoms with Crippen molar-refractivity contribution in [1.29, 1.82) is 0 Å². The van der Waals surface area contributed by atoms with Gasteiger partial charge in [0.1, 0.15) is 4.88 Å². The third-order valence-corrected chi connectivity index (χ3v) is 4.88. The van der Waals surface area contributed by atoms with E-state index in [-0.39, 0.29) is 11.8 Å². The van der Waals surface area contributed by atoms with Crippen LogP contribution in [-0.2, 0) is 4.79 Å². The second-order valence-corrected chi connectivity index (χ2v) is 6.71. The minimum atomic E-state index is 0.0335. The van der Waals surface area contributed by atoms with Crippen molar-refractivity contribution in [1.82, 2.24) is 9.80 Å². The maximum Gasteiger partial charge on any atom is 0.266 e. The van der Waals surface area contributed by atoms with Gasteiger partial charge < -0.3 is 15.5 Å². The van der Waals surface area contributed by atoms with Gasteiger partial charge in [0.15, 0.2) is 0 Å². The Hall–Kier alpha value is -1.56. The number of nitrogen functional groups attached to an aromatic ring is 1. The Bertz CT molecular complexity index is 513. The highest BCUT2D eigenvalue weighted by Crippen LogP contribution is 2.26. The summed E-state index contributed by atoms with van der Waals surface area (Å²) in [5.41, 5.74) is 6.39. The summed E-state index contributed by atoms with van der Waals surface area (Å²) in [4.78, 5) is 28.3. The first-order chi connectivity index (χ1) is 9.99. The fourth-order valence-corrected chi connectivity index (χ4v) is 3.46. The van der Waals surface area contributed by atoms with Gasteiger partial charge >= 0.3 is 0 Å². The molecule has 0 aliphatic carbocycles. The van der Waals surface area contributed by atoms with Gasteiger partial charge in [-0.25, -0.2) is 0 Å². The highest BCUT2D eigenvalue weighted by atomic mass is 32.1. The second kappa shape index (κ2) is 6.93. The van der Waals surface area contributed by atoms with E-state index in [9.17, 15) is 9.59 Å². The van der Waals surface area contributed by atoms with Gasteiger partial charge in [0, 0.05) is 33.6 Å². The lowest BCUT2D eigenvalue weighted by molar-refractivity contribution is -0.129. The van der Waals surface area contributed by atoms with Gasteiger partial charge in [-0.1, -0.05) is 0 Å². The van der Waals surface area contributed by atoms with Crippen LogP contribution < -0.4 is 5.73 Å². The Labute approximate surface area is 129 Å². The highest BCUT2D eigenvalue weighted by Gasteiger charge is 2.26. The van der Waals surface area contributed by atoms with Gasteiger partial charge in [-0.05, 0) is 36.6 Å². The van der Waals surface area contributed by atoms with Crippen molar-refractivity contribution in [2.45, 2.75) is 25.7 Å². The molecule has 0 aromatic carbocycles. The quantitative estimate of drug-likeness (QED) is 0.925. The normalized spacial score (nSPS) is 18.6. The molecule has 2 N–H and O–H groups in total. The van der Waals surface area contributed by atoms with E-state index < -0.39 is 0 Å². The number of carbonyl (C=O) groups is 2. The Morgan fingerprint density at radius 1 is 1.48 bits per heavy atom. The number of amides is 2. The highest BCUT2D eigenvalue weighted by molar-refractivity contribution is 7.12. The van der Waals surface area contributed by atoms with E-state index in [2.05, 4.69) is 0 Å². The van der Waals surface area contributed by atoms with Crippen LogP contribution in [0.3, 0.4) is 0 Å². The summed E-state index contributed by atoms with van der Waals surface area (Å²) < 4.78 is 0. The minimum Gasteiger partial charge on any atom is -0.397 e. The van der Waals surface area contributed by atoms with Crippen molar-refractivity contribution in [2.75, 3.05) is 32.9 Å². The Balaban J connectivity index is 1.90. The van der Waals surface area contributed by atoms with Crippen LogP contribution in [0, 0.1) is 5.92 Å². The topological polar surface area (TPSA) is 66.6 Å². The summed E-state index contributed by atoms with van der Waals surface area (Å²) in [5, 5.41) is 1.85. The third kappa shape index (κ3) is 3.97. The van der Waals surface area contributed by atoms with Crippen molar-refractivity contribution < 1.29 is 9.59 Å². The van der Waals surface area contributed by atoms with Crippen LogP contribution in [0.5, 0.6) is 0 Å². The molecule has 0 unspecified atom stereocenters. The molecule has 1 aliphatic rings. The Kier molecular flexibility index (Phi) is 5.22. The molecule has 0 bridgehead atoms. The molecule has 1 fully saturated rings. The molecule has 5 nitrogen and oxygen atoms in total. The van der Waals surface area contributed by atoms with Gasteiger partial charge in [-0.2, -0.15) is 0 Å². The largest absolute Gasteiger partial charge is 0.397 e. The number of hydrogen-bond donors (Lipinski definition) is 1. The molecule has 0 radical (unpaired) electrons. The molecule has 1 aliphatic heterocycles. The van der Waals surface area contributed by atoms with Crippen LogP contribution in [0.1, 0.15) is 35.4 Å². The van der Waals surface area contributed by atoms with E-state index in [0.29, 0.717) is 22.9 Å². The summed E-state index contributed by atoms with van der Waals surface area (Å²) in [6.07, 6.45) is 3.49. The Morgan fingerprint density at radius 2 is 2.24 bits per heavy atom. The maximum atomic E-state index is 12.5.